The highest BCUT2D eigenvalue weighted by Crippen LogP contribution is 2.18. The van der Waals surface area contributed by atoms with Crippen molar-refractivity contribution in [3.8, 4) is 0 Å². The summed E-state index contributed by atoms with van der Waals surface area (Å²) in [4.78, 5) is 23.8. The lowest BCUT2D eigenvalue weighted by Crippen LogP contribution is -2.88. The topological polar surface area (TPSA) is 74.8 Å². The Hall–Kier alpha value is -2.66. The predicted molar refractivity (Wildman–Crippen MR) is 103 cm³/mol. The Morgan fingerprint density at radius 2 is 1.58 bits per heavy atom. The molecule has 0 radical (unpaired) electrons. The van der Waals surface area contributed by atoms with E-state index in [9.17, 15) is 9.59 Å². The van der Waals surface area contributed by atoms with E-state index in [0.29, 0.717) is 12.5 Å². The second-order valence-electron chi connectivity index (χ2n) is 6.89. The van der Waals surface area contributed by atoms with E-state index in [1.165, 1.54) is 5.56 Å². The summed E-state index contributed by atoms with van der Waals surface area (Å²) in [6.45, 7) is 6.76. The van der Waals surface area contributed by atoms with Crippen LogP contribution in [0.2, 0.25) is 0 Å². The molecular weight excluding hydrogens is 326 g/mol. The van der Waals surface area contributed by atoms with E-state index in [4.69, 9.17) is 0 Å². The highest BCUT2D eigenvalue weighted by atomic mass is 16.2. The molecule has 138 valence electrons. The number of aryl methyl sites for hydroxylation is 1. The molecule has 2 rings (SSSR count). The molecule has 0 unspecified atom stereocenters. The number of urea groups is 1. The maximum absolute atomic E-state index is 12.1. The SMILES string of the molecule is Cc1ccc([C@@H]([NH2+]CC(=O)NC(=O)NCC(C)C)c2ccccc2)cc1. The molecule has 1 atom stereocenters. The van der Waals surface area contributed by atoms with Gasteiger partial charge in [-0.2, -0.15) is 0 Å². The van der Waals surface area contributed by atoms with E-state index < -0.39 is 6.03 Å². The van der Waals surface area contributed by atoms with Crippen LogP contribution >= 0.6 is 0 Å². The van der Waals surface area contributed by atoms with Crippen LogP contribution in [0.4, 0.5) is 4.79 Å². The number of rotatable bonds is 7. The summed E-state index contributed by atoms with van der Waals surface area (Å²) in [6.07, 6.45) is 0. The highest BCUT2D eigenvalue weighted by molar-refractivity contribution is 5.94. The van der Waals surface area contributed by atoms with Crippen molar-refractivity contribution in [2.24, 2.45) is 5.92 Å². The fourth-order valence-corrected chi connectivity index (χ4v) is 2.64. The zero-order valence-electron chi connectivity index (χ0n) is 15.7. The molecule has 26 heavy (non-hydrogen) atoms. The number of amides is 3. The molecule has 0 aromatic heterocycles. The first-order valence-corrected chi connectivity index (χ1v) is 8.98. The Morgan fingerprint density at radius 1 is 0.962 bits per heavy atom. The Bertz CT molecular complexity index is 712. The fraction of sp³-hybridized carbons (Fsp3) is 0.333. The largest absolute Gasteiger partial charge is 0.338 e. The second-order valence-corrected chi connectivity index (χ2v) is 6.89. The van der Waals surface area contributed by atoms with Gasteiger partial charge < -0.3 is 10.6 Å². The van der Waals surface area contributed by atoms with Gasteiger partial charge in [0.15, 0.2) is 6.54 Å². The van der Waals surface area contributed by atoms with E-state index >= 15 is 0 Å². The summed E-state index contributed by atoms with van der Waals surface area (Å²) in [7, 11) is 0. The molecule has 0 aliphatic rings. The molecule has 3 amide bonds. The molecule has 0 saturated heterocycles. The molecule has 0 saturated carbocycles. The zero-order valence-corrected chi connectivity index (χ0v) is 15.7. The molecule has 2 aromatic rings. The Kier molecular flexibility index (Phi) is 7.36. The first-order valence-electron chi connectivity index (χ1n) is 8.98. The minimum absolute atomic E-state index is 0.00118. The molecular formula is C21H28N3O2+. The number of benzene rings is 2. The number of carbonyl (C=O) groups excluding carboxylic acids is 2. The zero-order chi connectivity index (χ0) is 18.9. The maximum Gasteiger partial charge on any atom is 0.321 e. The lowest BCUT2D eigenvalue weighted by Gasteiger charge is -2.17. The van der Waals surface area contributed by atoms with Gasteiger partial charge in [-0.25, -0.2) is 4.79 Å². The molecule has 0 fully saturated rings. The van der Waals surface area contributed by atoms with E-state index in [2.05, 4.69) is 34.9 Å². The van der Waals surface area contributed by atoms with Gasteiger partial charge in [-0.3, -0.25) is 10.1 Å². The molecule has 5 heteroatoms. The summed E-state index contributed by atoms with van der Waals surface area (Å²) < 4.78 is 0. The average Bonchev–Trinajstić information content (AvgIpc) is 2.62. The highest BCUT2D eigenvalue weighted by Gasteiger charge is 2.19. The van der Waals surface area contributed by atoms with Crippen LogP contribution in [0.1, 0.15) is 36.6 Å². The molecule has 5 nitrogen and oxygen atoms in total. The van der Waals surface area contributed by atoms with Crippen molar-refractivity contribution >= 4 is 11.9 Å². The van der Waals surface area contributed by atoms with Gasteiger partial charge in [0.2, 0.25) is 0 Å². The first-order chi connectivity index (χ1) is 12.5. The average molecular weight is 354 g/mol. The summed E-state index contributed by atoms with van der Waals surface area (Å²) >= 11 is 0. The van der Waals surface area contributed by atoms with E-state index in [1.54, 1.807) is 0 Å². The Morgan fingerprint density at radius 3 is 2.19 bits per heavy atom. The van der Waals surface area contributed by atoms with Crippen molar-refractivity contribution in [3.63, 3.8) is 0 Å². The van der Waals surface area contributed by atoms with E-state index in [-0.39, 0.29) is 18.5 Å². The second kappa shape index (κ2) is 9.73. The maximum atomic E-state index is 12.1. The number of nitrogens with one attached hydrogen (secondary N) is 2. The third-order valence-electron chi connectivity index (χ3n) is 4.06. The van der Waals surface area contributed by atoms with Crippen LogP contribution in [0.25, 0.3) is 0 Å². The predicted octanol–water partition coefficient (Wildman–Crippen LogP) is 2.13. The van der Waals surface area contributed by atoms with Crippen molar-refractivity contribution in [3.05, 3.63) is 71.3 Å². The lowest BCUT2D eigenvalue weighted by molar-refractivity contribution is -0.676. The van der Waals surface area contributed by atoms with Gasteiger partial charge in [-0.05, 0) is 12.8 Å². The van der Waals surface area contributed by atoms with E-state index in [1.807, 2.05) is 56.4 Å². The smallest absolute Gasteiger partial charge is 0.321 e. The molecule has 0 spiro atoms. The third-order valence-corrected chi connectivity index (χ3v) is 4.06. The number of nitrogens with two attached hydrogens (primary N) is 1. The standard InChI is InChI=1S/C21H27N3O2/c1-15(2)13-23-21(26)24-19(25)14-22-20(17-7-5-4-6-8-17)18-11-9-16(3)10-12-18/h4-12,15,20,22H,13-14H2,1-3H3,(H2,23,24,25,26)/p+1/t20-/m0/s1. The number of hydrogen-bond donors (Lipinski definition) is 3. The minimum Gasteiger partial charge on any atom is -0.338 e. The van der Waals surface area contributed by atoms with Crippen molar-refractivity contribution in [1.29, 1.82) is 0 Å². The molecule has 0 heterocycles. The van der Waals surface area contributed by atoms with Gasteiger partial charge in [0.05, 0.1) is 0 Å². The van der Waals surface area contributed by atoms with Gasteiger partial charge in [-0.15, -0.1) is 0 Å². The quantitative estimate of drug-likeness (QED) is 0.712. The first kappa shape index (κ1) is 19.7. The van der Waals surface area contributed by atoms with Crippen LogP contribution < -0.4 is 16.0 Å². The van der Waals surface area contributed by atoms with Gasteiger partial charge in [0.1, 0.15) is 6.04 Å². The molecule has 0 aliphatic carbocycles. The number of carbonyl (C=O) groups is 2. The number of quaternary nitrogens is 1. The summed E-state index contributed by atoms with van der Waals surface area (Å²) in [5.74, 6) is 0.0331. The Balaban J connectivity index is 2.00. The molecule has 4 N–H and O–H groups in total. The summed E-state index contributed by atoms with van der Waals surface area (Å²) in [6, 6.07) is 17.9. The fourth-order valence-electron chi connectivity index (χ4n) is 2.64. The number of imide groups is 1. The van der Waals surface area contributed by atoms with Crippen LogP contribution in [0.5, 0.6) is 0 Å². The van der Waals surface area contributed by atoms with Crippen molar-refractivity contribution in [2.45, 2.75) is 26.8 Å². The third kappa shape index (κ3) is 6.33. The minimum atomic E-state index is -0.441. The molecule has 2 aromatic carbocycles. The monoisotopic (exact) mass is 354 g/mol. The summed E-state index contributed by atoms with van der Waals surface area (Å²) in [5.41, 5.74) is 3.44. The van der Waals surface area contributed by atoms with Crippen LogP contribution in [-0.4, -0.2) is 25.0 Å². The number of hydrogen-bond acceptors (Lipinski definition) is 2. The van der Waals surface area contributed by atoms with Crippen molar-refractivity contribution in [2.75, 3.05) is 13.1 Å². The lowest BCUT2D eigenvalue weighted by atomic mass is 9.98. The van der Waals surface area contributed by atoms with E-state index in [0.717, 1.165) is 11.1 Å². The van der Waals surface area contributed by atoms with Crippen molar-refractivity contribution in [1.82, 2.24) is 10.6 Å². The Labute approximate surface area is 155 Å². The van der Waals surface area contributed by atoms with Gasteiger partial charge in [0.25, 0.3) is 5.91 Å². The molecule has 0 aliphatic heterocycles. The summed E-state index contributed by atoms with van der Waals surface area (Å²) in [5, 5.41) is 7.02. The van der Waals surface area contributed by atoms with Gasteiger partial charge in [0, 0.05) is 17.7 Å². The van der Waals surface area contributed by atoms with Gasteiger partial charge >= 0.3 is 6.03 Å². The van der Waals surface area contributed by atoms with Crippen molar-refractivity contribution < 1.29 is 14.9 Å². The molecule has 0 bridgehead atoms. The van der Waals surface area contributed by atoms with Crippen LogP contribution in [-0.2, 0) is 4.79 Å². The van der Waals surface area contributed by atoms with Crippen LogP contribution in [0, 0.1) is 12.8 Å². The van der Waals surface area contributed by atoms with Crippen LogP contribution in [0.3, 0.4) is 0 Å². The van der Waals surface area contributed by atoms with Crippen LogP contribution in [0.15, 0.2) is 54.6 Å². The normalized spacial score (nSPS) is 11.8. The van der Waals surface area contributed by atoms with Gasteiger partial charge in [-0.1, -0.05) is 74.0 Å².